The molecule has 224 valence electrons. The van der Waals surface area contributed by atoms with Gasteiger partial charge in [0.25, 0.3) is 11.8 Å². The first kappa shape index (κ1) is 28.4. The molecule has 6 rings (SSSR count). The summed E-state index contributed by atoms with van der Waals surface area (Å²) in [5, 5.41) is 7.15. The van der Waals surface area contributed by atoms with Gasteiger partial charge >= 0.3 is 5.97 Å². The van der Waals surface area contributed by atoms with Crippen LogP contribution in [0.25, 0.3) is 11.1 Å². The van der Waals surface area contributed by atoms with E-state index in [1.165, 1.54) is 6.07 Å². The van der Waals surface area contributed by atoms with Crippen LogP contribution in [0.5, 0.6) is 0 Å². The maximum absolute atomic E-state index is 13.6. The standard InChI is InChI=1S/C31H33N5O7/c1-2-15-42-31(39)26-20-25-27(43-26)28(32-29(37)21-3-7-23(8-4-21)34-11-16-40-17-12-34)33-36(25)30(38)22-5-9-24(10-6-22)35-13-18-41-19-14-35/h3-10,20H,2,11-19H2,1H3,(H,32,33,37). The molecule has 0 saturated carbocycles. The van der Waals surface area contributed by atoms with Crippen LogP contribution in [0, 0.1) is 0 Å². The van der Waals surface area contributed by atoms with Crippen molar-refractivity contribution in [1.29, 1.82) is 0 Å². The van der Waals surface area contributed by atoms with Crippen LogP contribution in [0.1, 0.15) is 44.6 Å². The molecule has 0 atom stereocenters. The minimum absolute atomic E-state index is 0.0186. The number of amides is 1. The zero-order valence-electron chi connectivity index (χ0n) is 23.9. The Bertz CT molecular complexity index is 1600. The third-order valence-corrected chi connectivity index (χ3v) is 7.41. The lowest BCUT2D eigenvalue weighted by Gasteiger charge is -2.28. The number of esters is 1. The Kier molecular flexibility index (Phi) is 8.38. The molecule has 0 aliphatic carbocycles. The van der Waals surface area contributed by atoms with Gasteiger partial charge in [0, 0.05) is 54.7 Å². The molecule has 4 heterocycles. The van der Waals surface area contributed by atoms with Gasteiger partial charge in [0.2, 0.25) is 5.76 Å². The Morgan fingerprint density at radius 1 is 0.837 bits per heavy atom. The molecule has 12 nitrogen and oxygen atoms in total. The number of carbonyl (C=O) groups excluding carboxylic acids is 3. The summed E-state index contributed by atoms with van der Waals surface area (Å²) in [5.74, 6) is -1.61. The van der Waals surface area contributed by atoms with Crippen LogP contribution in [0.4, 0.5) is 17.2 Å². The number of morpholine rings is 2. The summed E-state index contributed by atoms with van der Waals surface area (Å²) in [4.78, 5) is 43.8. The smallest absolute Gasteiger partial charge is 0.374 e. The zero-order valence-corrected chi connectivity index (χ0v) is 23.9. The number of ether oxygens (including phenoxy) is 3. The molecule has 2 aromatic heterocycles. The van der Waals surface area contributed by atoms with Gasteiger partial charge in [0.15, 0.2) is 11.4 Å². The highest BCUT2D eigenvalue weighted by Crippen LogP contribution is 2.29. The summed E-state index contributed by atoms with van der Waals surface area (Å²) in [5.41, 5.74) is 3.11. The summed E-state index contributed by atoms with van der Waals surface area (Å²) in [6.07, 6.45) is 0.643. The Morgan fingerprint density at radius 3 is 1.95 bits per heavy atom. The first-order valence-electron chi connectivity index (χ1n) is 14.4. The maximum Gasteiger partial charge on any atom is 0.374 e. The number of nitrogens with zero attached hydrogens (tertiary/aromatic N) is 4. The highest BCUT2D eigenvalue weighted by Gasteiger charge is 2.26. The number of aromatic nitrogens is 2. The largest absolute Gasteiger partial charge is 0.460 e. The second kappa shape index (κ2) is 12.7. The van der Waals surface area contributed by atoms with Crippen molar-refractivity contribution < 1.29 is 33.0 Å². The van der Waals surface area contributed by atoms with Crippen molar-refractivity contribution >= 4 is 46.1 Å². The molecule has 2 aliphatic rings. The molecule has 2 fully saturated rings. The zero-order chi connectivity index (χ0) is 29.8. The SMILES string of the molecule is CCCOC(=O)c1cc2c(o1)c(NC(=O)c1ccc(N3CCOCC3)cc1)nn2C(=O)c1ccc(N2CCOCC2)cc1. The van der Waals surface area contributed by atoms with Crippen molar-refractivity contribution in [3.63, 3.8) is 0 Å². The van der Waals surface area contributed by atoms with Crippen LogP contribution in [0.15, 0.2) is 59.0 Å². The summed E-state index contributed by atoms with van der Waals surface area (Å²) in [6.45, 7) is 7.86. The number of nitrogens with one attached hydrogen (secondary N) is 1. The number of furan rings is 1. The number of benzene rings is 2. The van der Waals surface area contributed by atoms with E-state index in [2.05, 4.69) is 20.2 Å². The predicted octanol–water partition coefficient (Wildman–Crippen LogP) is 3.81. The van der Waals surface area contributed by atoms with Gasteiger partial charge in [-0.1, -0.05) is 6.92 Å². The number of hydrogen-bond donors (Lipinski definition) is 1. The highest BCUT2D eigenvalue weighted by molar-refractivity contribution is 6.10. The Labute approximate surface area is 248 Å². The number of hydrogen-bond acceptors (Lipinski definition) is 10. The topological polar surface area (TPSA) is 128 Å². The van der Waals surface area contributed by atoms with Gasteiger partial charge in [-0.05, 0) is 55.0 Å². The van der Waals surface area contributed by atoms with Gasteiger partial charge in [0.05, 0.1) is 33.0 Å². The van der Waals surface area contributed by atoms with E-state index in [0.29, 0.717) is 44.0 Å². The summed E-state index contributed by atoms with van der Waals surface area (Å²) in [7, 11) is 0. The van der Waals surface area contributed by atoms with E-state index >= 15 is 0 Å². The van der Waals surface area contributed by atoms with E-state index < -0.39 is 17.8 Å². The van der Waals surface area contributed by atoms with Crippen molar-refractivity contribution in [2.24, 2.45) is 0 Å². The molecular weight excluding hydrogens is 554 g/mol. The fourth-order valence-electron chi connectivity index (χ4n) is 5.09. The van der Waals surface area contributed by atoms with Gasteiger partial charge in [-0.2, -0.15) is 4.68 Å². The fourth-order valence-corrected chi connectivity index (χ4v) is 5.09. The molecule has 2 aliphatic heterocycles. The summed E-state index contributed by atoms with van der Waals surface area (Å²) < 4.78 is 23.0. The van der Waals surface area contributed by atoms with Crippen LogP contribution in [0.3, 0.4) is 0 Å². The second-order valence-corrected chi connectivity index (χ2v) is 10.3. The normalized spacial score (nSPS) is 15.5. The van der Waals surface area contributed by atoms with E-state index in [1.807, 2.05) is 31.2 Å². The van der Waals surface area contributed by atoms with Crippen LogP contribution < -0.4 is 15.1 Å². The van der Waals surface area contributed by atoms with E-state index in [9.17, 15) is 14.4 Å². The molecule has 4 aromatic rings. The minimum Gasteiger partial charge on any atom is -0.460 e. The second-order valence-electron chi connectivity index (χ2n) is 10.3. The average Bonchev–Trinajstić information content (AvgIpc) is 3.65. The number of rotatable bonds is 8. The van der Waals surface area contributed by atoms with Crippen molar-refractivity contribution in [1.82, 2.24) is 9.78 Å². The molecule has 2 aromatic carbocycles. The van der Waals surface area contributed by atoms with Gasteiger partial charge in [0.1, 0.15) is 5.52 Å². The predicted molar refractivity (Wildman–Crippen MR) is 159 cm³/mol. The summed E-state index contributed by atoms with van der Waals surface area (Å²) in [6, 6.07) is 15.8. The van der Waals surface area contributed by atoms with Crippen LogP contribution in [-0.4, -0.2) is 86.8 Å². The third kappa shape index (κ3) is 6.11. The number of anilines is 3. The molecule has 0 bridgehead atoms. The Balaban J connectivity index is 1.27. The Morgan fingerprint density at radius 2 is 1.40 bits per heavy atom. The lowest BCUT2D eigenvalue weighted by Crippen LogP contribution is -2.36. The van der Waals surface area contributed by atoms with E-state index in [1.54, 1.807) is 24.3 Å². The summed E-state index contributed by atoms with van der Waals surface area (Å²) >= 11 is 0. The van der Waals surface area contributed by atoms with Crippen molar-refractivity contribution in [3.8, 4) is 0 Å². The van der Waals surface area contributed by atoms with Crippen molar-refractivity contribution in [3.05, 3.63) is 71.5 Å². The Hall–Kier alpha value is -4.68. The number of carbonyl (C=O) groups is 3. The monoisotopic (exact) mass is 587 g/mol. The molecule has 0 radical (unpaired) electrons. The highest BCUT2D eigenvalue weighted by atomic mass is 16.5. The molecule has 0 unspecified atom stereocenters. The van der Waals surface area contributed by atoms with Gasteiger partial charge in [-0.15, -0.1) is 5.10 Å². The lowest BCUT2D eigenvalue weighted by atomic mass is 10.1. The van der Waals surface area contributed by atoms with Crippen LogP contribution in [0.2, 0.25) is 0 Å². The minimum atomic E-state index is -0.664. The molecule has 0 spiro atoms. The first-order valence-corrected chi connectivity index (χ1v) is 14.4. The van der Waals surface area contributed by atoms with E-state index in [0.717, 1.165) is 42.2 Å². The molecule has 1 N–H and O–H groups in total. The number of fused-ring (bicyclic) bond motifs is 1. The first-order chi connectivity index (χ1) is 21.0. The van der Waals surface area contributed by atoms with Crippen molar-refractivity contribution in [2.45, 2.75) is 13.3 Å². The van der Waals surface area contributed by atoms with Gasteiger partial charge in [-0.3, -0.25) is 9.59 Å². The molecule has 1 amide bonds. The van der Waals surface area contributed by atoms with E-state index in [-0.39, 0.29) is 29.3 Å². The quantitative estimate of drug-likeness (QED) is 0.304. The lowest BCUT2D eigenvalue weighted by molar-refractivity contribution is 0.0471. The molecule has 43 heavy (non-hydrogen) atoms. The van der Waals surface area contributed by atoms with Gasteiger partial charge in [-0.25, -0.2) is 4.79 Å². The van der Waals surface area contributed by atoms with E-state index in [4.69, 9.17) is 18.6 Å². The van der Waals surface area contributed by atoms with Crippen LogP contribution >= 0.6 is 0 Å². The average molecular weight is 588 g/mol. The van der Waals surface area contributed by atoms with Crippen LogP contribution in [-0.2, 0) is 14.2 Å². The maximum atomic E-state index is 13.6. The van der Waals surface area contributed by atoms with Crippen molar-refractivity contribution in [2.75, 3.05) is 74.3 Å². The molecular formula is C31H33N5O7. The third-order valence-electron chi connectivity index (χ3n) is 7.41. The molecule has 12 heteroatoms. The molecule has 2 saturated heterocycles. The van der Waals surface area contributed by atoms with Gasteiger partial charge < -0.3 is 33.7 Å². The fraction of sp³-hybridized carbons (Fsp3) is 0.355.